The summed E-state index contributed by atoms with van der Waals surface area (Å²) in [7, 11) is 0. The van der Waals surface area contributed by atoms with Gasteiger partial charge >= 0.3 is 0 Å². The lowest BCUT2D eigenvalue weighted by molar-refractivity contribution is 0.0342. The monoisotopic (exact) mass is 481 g/mol. The minimum Gasteiger partial charge on any atom is -0.398 e. The van der Waals surface area contributed by atoms with Crippen LogP contribution in [0.4, 0.5) is 11.4 Å². The van der Waals surface area contributed by atoms with Gasteiger partial charge in [0.1, 0.15) is 0 Å². The number of nitrogens with one attached hydrogen (secondary N) is 1. The Kier molecular flexibility index (Phi) is 6.93. The smallest absolute Gasteiger partial charge is 0.257 e. The molecule has 36 heavy (non-hydrogen) atoms. The number of carbonyl (C=O) groups is 1. The number of carbonyl (C=O) groups excluding carboxylic acids is 1. The van der Waals surface area contributed by atoms with Gasteiger partial charge in [-0.15, -0.1) is 0 Å². The third-order valence-corrected chi connectivity index (χ3v) is 6.63. The number of fused-ring (bicyclic) bond motifs is 1. The Morgan fingerprint density at radius 1 is 1.06 bits per heavy atom. The number of anilines is 2. The van der Waals surface area contributed by atoms with Crippen molar-refractivity contribution in [2.45, 2.75) is 26.8 Å². The van der Waals surface area contributed by atoms with Gasteiger partial charge in [-0.3, -0.25) is 9.69 Å². The third kappa shape index (κ3) is 5.08. The molecule has 0 aliphatic carbocycles. The number of ether oxygens (including phenoxy) is 1. The number of para-hydroxylation sites is 1. The van der Waals surface area contributed by atoms with Crippen molar-refractivity contribution in [3.63, 3.8) is 0 Å². The van der Waals surface area contributed by atoms with Gasteiger partial charge in [0, 0.05) is 42.0 Å². The number of nitrogens with zero attached hydrogens (tertiary/aromatic N) is 3. The molecule has 0 saturated carbocycles. The van der Waals surface area contributed by atoms with E-state index in [2.05, 4.69) is 23.2 Å². The molecule has 0 bridgehead atoms. The molecule has 1 amide bonds. The number of aryl methyl sites for hydroxylation is 2. The number of nitrogens with two attached hydrogens (primary N) is 1. The lowest BCUT2D eigenvalue weighted by Gasteiger charge is -2.26. The third-order valence-electron chi connectivity index (χ3n) is 6.63. The zero-order valence-electron chi connectivity index (χ0n) is 20.8. The molecule has 1 aliphatic heterocycles. The highest BCUT2D eigenvalue weighted by molar-refractivity contribution is 6.08. The Bertz CT molecular complexity index is 1410. The number of benzene rings is 3. The lowest BCUT2D eigenvalue weighted by Crippen LogP contribution is -2.35. The van der Waals surface area contributed by atoms with E-state index in [4.69, 9.17) is 20.4 Å². The van der Waals surface area contributed by atoms with E-state index >= 15 is 0 Å². The van der Waals surface area contributed by atoms with Crippen molar-refractivity contribution in [3.05, 3.63) is 83.0 Å². The summed E-state index contributed by atoms with van der Waals surface area (Å²) in [4.78, 5) is 25.0. The van der Waals surface area contributed by atoms with E-state index < -0.39 is 0 Å². The van der Waals surface area contributed by atoms with Crippen LogP contribution in [0.25, 0.3) is 22.3 Å². The van der Waals surface area contributed by atoms with Crippen molar-refractivity contribution in [1.29, 1.82) is 0 Å². The average Bonchev–Trinajstić information content (AvgIpc) is 2.90. The second-order valence-corrected chi connectivity index (χ2v) is 9.16. The van der Waals surface area contributed by atoms with E-state index in [0.717, 1.165) is 78.2 Å². The molecule has 3 N–H and O–H groups in total. The van der Waals surface area contributed by atoms with Crippen LogP contribution in [0.15, 0.2) is 60.7 Å². The summed E-state index contributed by atoms with van der Waals surface area (Å²) >= 11 is 0. The molecule has 184 valence electrons. The molecule has 1 saturated heterocycles. The fraction of sp³-hybridized carbons (Fsp3) is 0.276. The summed E-state index contributed by atoms with van der Waals surface area (Å²) in [6.07, 6.45) is 0.802. The zero-order chi connectivity index (χ0) is 25.1. The quantitative estimate of drug-likeness (QED) is 0.383. The molecule has 1 aromatic heterocycles. The van der Waals surface area contributed by atoms with Gasteiger partial charge in [-0.2, -0.15) is 0 Å². The topological polar surface area (TPSA) is 93.4 Å². The van der Waals surface area contributed by atoms with E-state index in [-0.39, 0.29) is 5.91 Å². The number of amides is 1. The van der Waals surface area contributed by atoms with Crippen molar-refractivity contribution in [3.8, 4) is 11.4 Å². The average molecular weight is 482 g/mol. The first-order chi connectivity index (χ1) is 17.5. The van der Waals surface area contributed by atoms with Gasteiger partial charge in [0.25, 0.3) is 5.91 Å². The van der Waals surface area contributed by atoms with Gasteiger partial charge in [-0.1, -0.05) is 43.3 Å². The van der Waals surface area contributed by atoms with Crippen LogP contribution >= 0.6 is 0 Å². The van der Waals surface area contributed by atoms with Crippen molar-refractivity contribution in [2.75, 3.05) is 37.4 Å². The highest BCUT2D eigenvalue weighted by Crippen LogP contribution is 2.26. The van der Waals surface area contributed by atoms with Gasteiger partial charge < -0.3 is 15.8 Å². The molecule has 0 radical (unpaired) electrons. The molecule has 5 rings (SSSR count). The van der Waals surface area contributed by atoms with E-state index in [1.807, 2.05) is 49.4 Å². The maximum absolute atomic E-state index is 13.2. The Morgan fingerprint density at radius 2 is 1.86 bits per heavy atom. The van der Waals surface area contributed by atoms with E-state index in [0.29, 0.717) is 17.1 Å². The van der Waals surface area contributed by atoms with Crippen LogP contribution in [0.2, 0.25) is 0 Å². The SMILES string of the molecule is CCc1nc(-c2ccc(C(=O)Nc3cc(CN4CCOCC4)ccc3C)c(N)c2)nc2ccccc12. The molecule has 2 heterocycles. The van der Waals surface area contributed by atoms with Crippen LogP contribution < -0.4 is 11.1 Å². The van der Waals surface area contributed by atoms with Crippen molar-refractivity contribution in [2.24, 2.45) is 0 Å². The normalized spacial score (nSPS) is 14.2. The van der Waals surface area contributed by atoms with Crippen LogP contribution in [0.3, 0.4) is 0 Å². The molecule has 4 aromatic rings. The van der Waals surface area contributed by atoms with Crippen LogP contribution in [0.5, 0.6) is 0 Å². The molecule has 0 atom stereocenters. The summed E-state index contributed by atoms with van der Waals surface area (Å²) < 4.78 is 5.44. The molecule has 7 heteroatoms. The Balaban J connectivity index is 1.36. The first kappa shape index (κ1) is 23.9. The van der Waals surface area contributed by atoms with Crippen LogP contribution in [0.1, 0.15) is 34.1 Å². The minimum atomic E-state index is -0.237. The molecule has 1 fully saturated rings. The fourth-order valence-corrected chi connectivity index (χ4v) is 4.56. The number of hydrogen-bond donors (Lipinski definition) is 2. The molecular weight excluding hydrogens is 450 g/mol. The second-order valence-electron chi connectivity index (χ2n) is 9.16. The predicted molar refractivity (Wildman–Crippen MR) is 144 cm³/mol. The Labute approximate surface area is 211 Å². The molecule has 0 unspecified atom stereocenters. The van der Waals surface area contributed by atoms with Gasteiger partial charge in [-0.05, 0) is 48.7 Å². The largest absolute Gasteiger partial charge is 0.398 e. The van der Waals surface area contributed by atoms with Gasteiger partial charge in [0.05, 0.1) is 30.0 Å². The van der Waals surface area contributed by atoms with Crippen LogP contribution in [0, 0.1) is 6.92 Å². The van der Waals surface area contributed by atoms with E-state index in [9.17, 15) is 4.79 Å². The van der Waals surface area contributed by atoms with Gasteiger partial charge in [-0.25, -0.2) is 9.97 Å². The van der Waals surface area contributed by atoms with Crippen LogP contribution in [-0.4, -0.2) is 47.1 Å². The highest BCUT2D eigenvalue weighted by Gasteiger charge is 2.16. The van der Waals surface area contributed by atoms with Crippen molar-refractivity contribution in [1.82, 2.24) is 14.9 Å². The van der Waals surface area contributed by atoms with Crippen molar-refractivity contribution < 1.29 is 9.53 Å². The lowest BCUT2D eigenvalue weighted by atomic mass is 10.1. The minimum absolute atomic E-state index is 0.237. The van der Waals surface area contributed by atoms with E-state index in [1.165, 1.54) is 0 Å². The molecule has 3 aromatic carbocycles. The molecular formula is C29H31N5O2. The highest BCUT2D eigenvalue weighted by atomic mass is 16.5. The summed E-state index contributed by atoms with van der Waals surface area (Å²) in [6.45, 7) is 8.25. The molecule has 1 aliphatic rings. The summed E-state index contributed by atoms with van der Waals surface area (Å²) in [5, 5.41) is 4.11. The van der Waals surface area contributed by atoms with Crippen molar-refractivity contribution >= 4 is 28.2 Å². The number of nitrogen functional groups attached to an aromatic ring is 1. The second kappa shape index (κ2) is 10.4. The van der Waals surface area contributed by atoms with Gasteiger partial charge in [0.15, 0.2) is 5.82 Å². The van der Waals surface area contributed by atoms with Gasteiger partial charge in [0.2, 0.25) is 0 Å². The molecule has 0 spiro atoms. The summed E-state index contributed by atoms with van der Waals surface area (Å²) in [6, 6.07) is 19.6. The van der Waals surface area contributed by atoms with E-state index in [1.54, 1.807) is 12.1 Å². The zero-order valence-corrected chi connectivity index (χ0v) is 20.8. The standard InChI is InChI=1S/C29H31N5O2/c1-3-25-23-6-4-5-7-26(23)32-28(31-25)21-10-11-22(24(30)17-21)29(35)33-27-16-20(9-8-19(27)2)18-34-12-14-36-15-13-34/h4-11,16-17H,3,12-15,18,30H2,1-2H3,(H,33,35). The molecule has 7 nitrogen and oxygen atoms in total. The number of morpholine rings is 1. The van der Waals surface area contributed by atoms with Crippen LogP contribution in [-0.2, 0) is 17.7 Å². The maximum Gasteiger partial charge on any atom is 0.257 e. The predicted octanol–water partition coefficient (Wildman–Crippen LogP) is 4.83. The fourth-order valence-electron chi connectivity index (χ4n) is 4.56. The first-order valence-electron chi connectivity index (χ1n) is 12.4. The Morgan fingerprint density at radius 3 is 2.64 bits per heavy atom. The number of rotatable bonds is 6. The number of aromatic nitrogens is 2. The first-order valence-corrected chi connectivity index (χ1v) is 12.4. The summed E-state index contributed by atoms with van der Waals surface area (Å²) in [5.74, 6) is 0.371. The number of hydrogen-bond acceptors (Lipinski definition) is 6. The maximum atomic E-state index is 13.2. The Hall–Kier alpha value is -3.81. The summed E-state index contributed by atoms with van der Waals surface area (Å²) in [5.41, 5.74) is 12.8.